The summed E-state index contributed by atoms with van der Waals surface area (Å²) in [7, 11) is 0. The van der Waals surface area contributed by atoms with E-state index in [4.69, 9.17) is 0 Å². The Morgan fingerprint density at radius 2 is 1.89 bits per heavy atom. The van der Waals surface area contributed by atoms with Crippen LogP contribution in [0.1, 0.15) is 22.4 Å². The van der Waals surface area contributed by atoms with E-state index in [1.165, 1.54) is 6.20 Å². The van der Waals surface area contributed by atoms with Gasteiger partial charge < -0.3 is 10.3 Å². The van der Waals surface area contributed by atoms with Crippen molar-refractivity contribution in [3.05, 3.63) is 75.1 Å². The highest BCUT2D eigenvalue weighted by Crippen LogP contribution is 2.32. The Labute approximate surface area is 157 Å². The standard InChI is InChI=1S/C19H16F4N4O/c1-10-11(2)26-17(27-18(10)28)13-4-6-16(25-9-13)24-8-12-3-5-14(20)7-15(12)19(21,22)23/h3-7,9H,8H2,1-2H3,(H,24,25)(H,26,27,28). The molecule has 5 nitrogen and oxygen atoms in total. The third kappa shape index (κ3) is 4.19. The molecule has 2 aromatic heterocycles. The summed E-state index contributed by atoms with van der Waals surface area (Å²) in [6.45, 7) is 3.21. The van der Waals surface area contributed by atoms with Gasteiger partial charge >= 0.3 is 6.18 Å². The summed E-state index contributed by atoms with van der Waals surface area (Å²) in [5, 5.41) is 2.78. The summed E-state index contributed by atoms with van der Waals surface area (Å²) in [5.74, 6) is -0.272. The van der Waals surface area contributed by atoms with Crippen LogP contribution >= 0.6 is 0 Å². The number of aromatic amines is 1. The predicted molar refractivity (Wildman–Crippen MR) is 96.3 cm³/mol. The lowest BCUT2D eigenvalue weighted by Gasteiger charge is -2.14. The van der Waals surface area contributed by atoms with Gasteiger partial charge in [0.05, 0.1) is 5.56 Å². The smallest absolute Gasteiger partial charge is 0.366 e. The van der Waals surface area contributed by atoms with Crippen LogP contribution in [-0.2, 0) is 12.7 Å². The molecular weight excluding hydrogens is 376 g/mol. The lowest BCUT2D eigenvalue weighted by molar-refractivity contribution is -0.138. The summed E-state index contributed by atoms with van der Waals surface area (Å²) in [6.07, 6.45) is -3.21. The minimum atomic E-state index is -4.66. The van der Waals surface area contributed by atoms with E-state index in [2.05, 4.69) is 20.3 Å². The van der Waals surface area contributed by atoms with Crippen LogP contribution in [0.25, 0.3) is 11.4 Å². The molecule has 0 unspecified atom stereocenters. The van der Waals surface area contributed by atoms with Crippen molar-refractivity contribution in [3.63, 3.8) is 0 Å². The number of hydrogen-bond acceptors (Lipinski definition) is 4. The maximum atomic E-state index is 13.2. The lowest BCUT2D eigenvalue weighted by atomic mass is 10.1. The molecule has 0 amide bonds. The molecule has 9 heteroatoms. The van der Waals surface area contributed by atoms with Crippen LogP contribution in [0.3, 0.4) is 0 Å². The van der Waals surface area contributed by atoms with Crippen molar-refractivity contribution in [1.82, 2.24) is 15.0 Å². The molecule has 0 radical (unpaired) electrons. The SMILES string of the molecule is Cc1nc(-c2ccc(NCc3ccc(F)cc3C(F)(F)F)nc2)[nH]c(=O)c1C. The zero-order chi connectivity index (χ0) is 20.5. The molecule has 0 saturated carbocycles. The number of benzene rings is 1. The lowest BCUT2D eigenvalue weighted by Crippen LogP contribution is -2.14. The van der Waals surface area contributed by atoms with Crippen LogP contribution in [0, 0.1) is 19.7 Å². The number of anilines is 1. The van der Waals surface area contributed by atoms with Crippen LogP contribution in [0.15, 0.2) is 41.3 Å². The first kappa shape index (κ1) is 19.5. The number of pyridine rings is 1. The Morgan fingerprint density at radius 3 is 2.50 bits per heavy atom. The number of alkyl halides is 3. The van der Waals surface area contributed by atoms with E-state index in [1.54, 1.807) is 26.0 Å². The molecule has 0 saturated heterocycles. The molecule has 28 heavy (non-hydrogen) atoms. The van der Waals surface area contributed by atoms with Gasteiger partial charge in [-0.3, -0.25) is 4.79 Å². The number of rotatable bonds is 4. The van der Waals surface area contributed by atoms with E-state index < -0.39 is 17.6 Å². The van der Waals surface area contributed by atoms with Gasteiger partial charge in [-0.1, -0.05) is 6.07 Å². The first-order chi connectivity index (χ1) is 13.1. The molecule has 0 bridgehead atoms. The van der Waals surface area contributed by atoms with E-state index in [-0.39, 0.29) is 17.7 Å². The molecule has 0 aliphatic carbocycles. The monoisotopic (exact) mass is 392 g/mol. The van der Waals surface area contributed by atoms with Crippen LogP contribution < -0.4 is 10.9 Å². The summed E-state index contributed by atoms with van der Waals surface area (Å²) < 4.78 is 52.3. The Morgan fingerprint density at radius 1 is 1.14 bits per heavy atom. The van der Waals surface area contributed by atoms with E-state index >= 15 is 0 Å². The van der Waals surface area contributed by atoms with Crippen molar-refractivity contribution in [2.45, 2.75) is 26.6 Å². The van der Waals surface area contributed by atoms with Crippen molar-refractivity contribution in [1.29, 1.82) is 0 Å². The quantitative estimate of drug-likeness (QED) is 0.653. The predicted octanol–water partition coefficient (Wildman–Crippen LogP) is 4.22. The van der Waals surface area contributed by atoms with E-state index in [0.717, 1.165) is 12.1 Å². The minimum absolute atomic E-state index is 0.0973. The highest BCUT2D eigenvalue weighted by Gasteiger charge is 2.33. The van der Waals surface area contributed by atoms with Crippen LogP contribution in [-0.4, -0.2) is 15.0 Å². The highest BCUT2D eigenvalue weighted by molar-refractivity contribution is 5.56. The minimum Gasteiger partial charge on any atom is -0.366 e. The highest BCUT2D eigenvalue weighted by atomic mass is 19.4. The zero-order valence-electron chi connectivity index (χ0n) is 15.0. The summed E-state index contributed by atoms with van der Waals surface area (Å²) in [5.41, 5.74) is 0.296. The summed E-state index contributed by atoms with van der Waals surface area (Å²) >= 11 is 0. The fourth-order valence-electron chi connectivity index (χ4n) is 2.57. The Hall–Kier alpha value is -3.23. The molecular formula is C19H16F4N4O. The van der Waals surface area contributed by atoms with Gasteiger partial charge in [0.25, 0.3) is 5.56 Å². The van der Waals surface area contributed by atoms with Crippen molar-refractivity contribution < 1.29 is 17.6 Å². The molecule has 2 N–H and O–H groups in total. The summed E-state index contributed by atoms with van der Waals surface area (Å²) in [4.78, 5) is 22.9. The second-order valence-electron chi connectivity index (χ2n) is 6.21. The fraction of sp³-hybridized carbons (Fsp3) is 0.211. The fourth-order valence-corrected chi connectivity index (χ4v) is 2.57. The maximum absolute atomic E-state index is 13.2. The molecule has 2 heterocycles. The molecule has 0 aliphatic rings. The molecule has 0 spiro atoms. The number of nitrogens with one attached hydrogen (secondary N) is 2. The van der Waals surface area contributed by atoms with Gasteiger partial charge in [-0.2, -0.15) is 13.2 Å². The van der Waals surface area contributed by atoms with E-state index in [9.17, 15) is 22.4 Å². The van der Waals surface area contributed by atoms with Gasteiger partial charge in [-0.25, -0.2) is 14.4 Å². The third-order valence-electron chi connectivity index (χ3n) is 4.27. The molecule has 1 aromatic carbocycles. The Balaban J connectivity index is 1.79. The van der Waals surface area contributed by atoms with Crippen LogP contribution in [0.5, 0.6) is 0 Å². The third-order valence-corrected chi connectivity index (χ3v) is 4.27. The van der Waals surface area contributed by atoms with Crippen molar-refractivity contribution in [3.8, 4) is 11.4 Å². The van der Waals surface area contributed by atoms with Gasteiger partial charge in [0.2, 0.25) is 0 Å². The van der Waals surface area contributed by atoms with Gasteiger partial charge in [0.1, 0.15) is 17.5 Å². The van der Waals surface area contributed by atoms with Crippen LogP contribution in [0.2, 0.25) is 0 Å². The largest absolute Gasteiger partial charge is 0.416 e. The average molecular weight is 392 g/mol. The van der Waals surface area contributed by atoms with Gasteiger partial charge in [-0.05, 0) is 43.7 Å². The number of hydrogen-bond donors (Lipinski definition) is 2. The maximum Gasteiger partial charge on any atom is 0.416 e. The number of aromatic nitrogens is 3. The molecule has 0 aliphatic heterocycles. The Kier molecular flexibility index (Phi) is 5.17. The zero-order valence-corrected chi connectivity index (χ0v) is 15.0. The number of H-pyrrole nitrogens is 1. The number of halogens is 4. The summed E-state index contributed by atoms with van der Waals surface area (Å²) in [6, 6.07) is 5.72. The van der Waals surface area contributed by atoms with Crippen molar-refractivity contribution in [2.75, 3.05) is 5.32 Å². The second-order valence-corrected chi connectivity index (χ2v) is 6.21. The van der Waals surface area contributed by atoms with E-state index in [1.807, 2.05) is 0 Å². The van der Waals surface area contributed by atoms with Gasteiger partial charge in [-0.15, -0.1) is 0 Å². The van der Waals surface area contributed by atoms with Crippen molar-refractivity contribution in [2.24, 2.45) is 0 Å². The van der Waals surface area contributed by atoms with Gasteiger partial charge in [0.15, 0.2) is 0 Å². The molecule has 146 valence electrons. The number of nitrogens with zero attached hydrogens (tertiary/aromatic N) is 2. The van der Waals surface area contributed by atoms with Gasteiger partial charge in [0, 0.05) is 29.6 Å². The van der Waals surface area contributed by atoms with Crippen LogP contribution in [0.4, 0.5) is 23.4 Å². The normalized spacial score (nSPS) is 11.5. The van der Waals surface area contributed by atoms with Crippen molar-refractivity contribution >= 4 is 5.82 Å². The first-order valence-electron chi connectivity index (χ1n) is 8.28. The molecule has 0 fully saturated rings. The topological polar surface area (TPSA) is 70.7 Å². The Bertz CT molecular complexity index is 1060. The molecule has 3 rings (SSSR count). The second kappa shape index (κ2) is 7.41. The molecule has 0 atom stereocenters. The molecule has 3 aromatic rings. The first-order valence-corrected chi connectivity index (χ1v) is 8.28. The average Bonchev–Trinajstić information content (AvgIpc) is 2.64. The number of aryl methyl sites for hydroxylation is 1. The van der Waals surface area contributed by atoms with E-state index in [0.29, 0.717) is 34.5 Å².